The molecule has 3 rings (SSSR count). The molecule has 1 aliphatic rings. The van der Waals surface area contributed by atoms with Crippen molar-refractivity contribution in [3.8, 4) is 5.75 Å². The molecular formula is C21H17Cl2F3N2O5. The zero-order valence-electron chi connectivity index (χ0n) is 17.2. The Morgan fingerprint density at radius 2 is 1.64 bits per heavy atom. The van der Waals surface area contributed by atoms with Gasteiger partial charge >= 0.3 is 18.2 Å². The molecule has 0 aliphatic carbocycles. The van der Waals surface area contributed by atoms with Crippen molar-refractivity contribution in [2.45, 2.75) is 32.2 Å². The predicted octanol–water partition coefficient (Wildman–Crippen LogP) is 5.22. The molecule has 0 aromatic heterocycles. The van der Waals surface area contributed by atoms with E-state index in [4.69, 9.17) is 27.9 Å². The molecule has 176 valence electrons. The van der Waals surface area contributed by atoms with E-state index in [2.05, 4.69) is 0 Å². The maximum absolute atomic E-state index is 12.8. The molecule has 0 bridgehead atoms. The van der Waals surface area contributed by atoms with Crippen LogP contribution in [0.1, 0.15) is 25.0 Å². The average Bonchev–Trinajstić information content (AvgIpc) is 2.98. The van der Waals surface area contributed by atoms with Gasteiger partial charge in [-0.15, -0.1) is 0 Å². The number of hydrogen-bond donors (Lipinski definition) is 1. The minimum atomic E-state index is -4.52. The number of carbonyl (C=O) groups excluding carboxylic acids is 2. The van der Waals surface area contributed by atoms with E-state index in [0.29, 0.717) is 5.56 Å². The number of imide groups is 1. The molecule has 1 N–H and O–H groups in total. The van der Waals surface area contributed by atoms with Crippen molar-refractivity contribution in [1.29, 1.82) is 0 Å². The number of alkyl halides is 3. The van der Waals surface area contributed by atoms with Gasteiger partial charge in [-0.25, -0.2) is 9.59 Å². The molecule has 33 heavy (non-hydrogen) atoms. The van der Waals surface area contributed by atoms with Crippen LogP contribution in [0.2, 0.25) is 10.0 Å². The summed E-state index contributed by atoms with van der Waals surface area (Å²) in [6.07, 6.45) is -4.52. The Hall–Kier alpha value is -2.98. The van der Waals surface area contributed by atoms with Crippen LogP contribution in [0.25, 0.3) is 0 Å². The first-order chi connectivity index (χ1) is 15.2. The molecule has 1 aliphatic heterocycles. The van der Waals surface area contributed by atoms with Crippen molar-refractivity contribution < 1.29 is 37.4 Å². The standard InChI is InChI=1S/C21H17Cl2F3N2O5/c1-20(2,18(30)31)33-17-14(22)7-11(8-15(17)23)9-28-16(29)10-27(19(28)32)13-5-3-12(4-6-13)21(24,25)26/h3-8H,9-10H2,1-2H3,(H,30,31). The van der Waals surface area contributed by atoms with Crippen LogP contribution in [0, 0.1) is 0 Å². The first-order valence-electron chi connectivity index (χ1n) is 9.40. The van der Waals surface area contributed by atoms with E-state index in [1.807, 2.05) is 0 Å². The third kappa shape index (κ3) is 5.17. The molecule has 0 atom stereocenters. The molecule has 0 saturated carbocycles. The summed E-state index contributed by atoms with van der Waals surface area (Å²) in [6.45, 7) is 2.07. The highest BCUT2D eigenvalue weighted by Crippen LogP contribution is 2.37. The number of urea groups is 1. The van der Waals surface area contributed by atoms with Crippen molar-refractivity contribution in [2.24, 2.45) is 0 Å². The quantitative estimate of drug-likeness (QED) is 0.544. The number of hydrogen-bond acceptors (Lipinski definition) is 4. The average molecular weight is 505 g/mol. The number of nitrogens with zero attached hydrogens (tertiary/aromatic N) is 2. The second-order valence-corrected chi connectivity index (χ2v) is 8.51. The van der Waals surface area contributed by atoms with E-state index in [0.717, 1.165) is 34.1 Å². The summed E-state index contributed by atoms with van der Waals surface area (Å²) in [6, 6.07) is 5.91. The Bertz CT molecular complexity index is 1100. The molecule has 12 heteroatoms. The normalized spacial score (nSPS) is 14.8. The zero-order valence-corrected chi connectivity index (χ0v) is 18.8. The van der Waals surface area contributed by atoms with Crippen molar-refractivity contribution in [3.63, 3.8) is 0 Å². The fourth-order valence-corrected chi connectivity index (χ4v) is 3.62. The highest BCUT2D eigenvalue weighted by molar-refractivity contribution is 6.37. The van der Waals surface area contributed by atoms with Gasteiger partial charge in [0.15, 0.2) is 11.4 Å². The Morgan fingerprint density at radius 1 is 1.09 bits per heavy atom. The minimum Gasteiger partial charge on any atom is -0.478 e. The molecule has 0 unspecified atom stereocenters. The van der Waals surface area contributed by atoms with Gasteiger partial charge in [0.1, 0.15) is 6.54 Å². The molecule has 1 fully saturated rings. The van der Waals surface area contributed by atoms with Crippen LogP contribution >= 0.6 is 23.2 Å². The Labute approximate surface area is 196 Å². The number of aliphatic carboxylic acids is 1. The highest BCUT2D eigenvalue weighted by atomic mass is 35.5. The zero-order chi connectivity index (χ0) is 24.7. The minimum absolute atomic E-state index is 0.0227. The number of halogens is 5. The molecule has 7 nitrogen and oxygen atoms in total. The molecule has 0 spiro atoms. The largest absolute Gasteiger partial charge is 0.478 e. The molecular weight excluding hydrogens is 488 g/mol. The molecule has 1 heterocycles. The van der Waals surface area contributed by atoms with Crippen LogP contribution in [0.3, 0.4) is 0 Å². The van der Waals surface area contributed by atoms with E-state index in [1.165, 1.54) is 26.0 Å². The van der Waals surface area contributed by atoms with Gasteiger partial charge in [0, 0.05) is 5.69 Å². The third-order valence-electron chi connectivity index (χ3n) is 4.83. The number of carboxylic acid groups (broad SMARTS) is 1. The number of carboxylic acids is 1. The van der Waals surface area contributed by atoms with Crippen molar-refractivity contribution in [1.82, 2.24) is 4.90 Å². The fraction of sp³-hybridized carbons (Fsp3) is 0.286. The van der Waals surface area contributed by atoms with E-state index >= 15 is 0 Å². The summed E-state index contributed by atoms with van der Waals surface area (Å²) < 4.78 is 43.7. The summed E-state index contributed by atoms with van der Waals surface area (Å²) in [7, 11) is 0. The number of amides is 3. The van der Waals surface area contributed by atoms with E-state index < -0.39 is 35.2 Å². The number of rotatable bonds is 6. The Kier molecular flexibility index (Phi) is 6.54. The van der Waals surface area contributed by atoms with Gasteiger partial charge in [-0.2, -0.15) is 13.2 Å². The summed E-state index contributed by atoms with van der Waals surface area (Å²) in [5.41, 5.74) is -1.99. The number of carbonyl (C=O) groups is 3. The Balaban J connectivity index is 1.79. The summed E-state index contributed by atoms with van der Waals surface area (Å²) in [5, 5.41) is 9.16. The maximum atomic E-state index is 12.8. The topological polar surface area (TPSA) is 87.2 Å². The van der Waals surface area contributed by atoms with Gasteiger partial charge in [-0.05, 0) is 55.8 Å². The Morgan fingerprint density at radius 3 is 2.12 bits per heavy atom. The monoisotopic (exact) mass is 504 g/mol. The molecule has 1 saturated heterocycles. The van der Waals surface area contributed by atoms with Crippen LogP contribution in [-0.2, 0) is 22.3 Å². The van der Waals surface area contributed by atoms with Gasteiger partial charge in [0.05, 0.1) is 22.2 Å². The molecule has 2 aromatic rings. The third-order valence-corrected chi connectivity index (χ3v) is 5.40. The van der Waals surface area contributed by atoms with Crippen LogP contribution in [-0.4, -0.2) is 40.1 Å². The summed E-state index contributed by atoms with van der Waals surface area (Å²) in [4.78, 5) is 38.4. The lowest BCUT2D eigenvalue weighted by Crippen LogP contribution is -2.38. The number of ether oxygens (including phenoxy) is 1. The fourth-order valence-electron chi connectivity index (χ4n) is 3.01. The maximum Gasteiger partial charge on any atom is 0.416 e. The van der Waals surface area contributed by atoms with Crippen LogP contribution in [0.5, 0.6) is 5.75 Å². The first kappa shape index (κ1) is 24.7. The summed E-state index contributed by atoms with van der Waals surface area (Å²) >= 11 is 12.4. The van der Waals surface area contributed by atoms with Gasteiger partial charge < -0.3 is 9.84 Å². The van der Waals surface area contributed by atoms with Crippen LogP contribution in [0.15, 0.2) is 36.4 Å². The van der Waals surface area contributed by atoms with Crippen molar-refractivity contribution in [3.05, 3.63) is 57.6 Å². The van der Waals surface area contributed by atoms with E-state index in [1.54, 1.807) is 0 Å². The number of benzene rings is 2. The lowest BCUT2D eigenvalue weighted by Gasteiger charge is -2.23. The van der Waals surface area contributed by atoms with Crippen LogP contribution < -0.4 is 9.64 Å². The van der Waals surface area contributed by atoms with Gasteiger partial charge in [-0.1, -0.05) is 23.2 Å². The van der Waals surface area contributed by atoms with Gasteiger partial charge in [0.2, 0.25) is 0 Å². The van der Waals surface area contributed by atoms with Gasteiger partial charge in [-0.3, -0.25) is 14.6 Å². The SMILES string of the molecule is CC(C)(Oc1c(Cl)cc(CN2C(=O)CN(c3ccc(C(F)(F)F)cc3)C2=O)cc1Cl)C(=O)O. The van der Waals surface area contributed by atoms with Crippen LogP contribution in [0.4, 0.5) is 23.7 Å². The first-order valence-corrected chi connectivity index (χ1v) is 10.2. The summed E-state index contributed by atoms with van der Waals surface area (Å²) in [5.74, 6) is -1.88. The van der Waals surface area contributed by atoms with Crippen molar-refractivity contribution >= 4 is 46.8 Å². The lowest BCUT2D eigenvalue weighted by atomic mass is 10.1. The predicted molar refractivity (Wildman–Crippen MR) is 114 cm³/mol. The smallest absolute Gasteiger partial charge is 0.416 e. The lowest BCUT2D eigenvalue weighted by molar-refractivity contribution is -0.152. The number of anilines is 1. The molecule has 0 radical (unpaired) electrons. The second-order valence-electron chi connectivity index (χ2n) is 7.70. The highest BCUT2D eigenvalue weighted by Gasteiger charge is 2.38. The van der Waals surface area contributed by atoms with E-state index in [-0.39, 0.29) is 34.6 Å². The molecule has 3 amide bonds. The van der Waals surface area contributed by atoms with Gasteiger partial charge in [0.25, 0.3) is 5.91 Å². The molecule has 2 aromatic carbocycles. The van der Waals surface area contributed by atoms with Crippen molar-refractivity contribution in [2.75, 3.05) is 11.4 Å². The van der Waals surface area contributed by atoms with E-state index in [9.17, 15) is 32.7 Å². The second kappa shape index (κ2) is 8.75.